The van der Waals surface area contributed by atoms with Crippen molar-refractivity contribution in [2.45, 2.75) is 32.7 Å². The maximum atomic E-state index is 4.29. The molecule has 1 aromatic carbocycles. The van der Waals surface area contributed by atoms with Crippen LogP contribution < -0.4 is 5.32 Å². The van der Waals surface area contributed by atoms with Gasteiger partial charge in [-0.05, 0) is 42.6 Å². The summed E-state index contributed by atoms with van der Waals surface area (Å²) in [5.74, 6) is 0. The molecule has 2 nitrogen and oxygen atoms in total. The second-order valence-electron chi connectivity index (χ2n) is 5.01. The summed E-state index contributed by atoms with van der Waals surface area (Å²) < 4.78 is 0. The summed E-state index contributed by atoms with van der Waals surface area (Å²) in [6.07, 6.45) is 6.17. The Labute approximate surface area is 115 Å². The van der Waals surface area contributed by atoms with Gasteiger partial charge in [0.15, 0.2) is 0 Å². The third-order valence-corrected chi connectivity index (χ3v) is 3.37. The van der Waals surface area contributed by atoms with E-state index in [4.69, 9.17) is 0 Å². The molecule has 2 aromatic rings. The predicted octanol–water partition coefficient (Wildman–Crippen LogP) is 3.65. The Kier molecular flexibility index (Phi) is 4.69. The number of hydrogen-bond donors (Lipinski definition) is 1. The number of nitrogens with zero attached hydrogens (tertiary/aromatic N) is 1. The number of aryl methyl sites for hydroxylation is 2. The van der Waals surface area contributed by atoms with Gasteiger partial charge in [0, 0.05) is 12.4 Å². The van der Waals surface area contributed by atoms with Crippen LogP contribution in [0.5, 0.6) is 0 Å². The SMILES string of the molecule is CCCc1ccc(C(NC)c2cncc(C)c2)cc1. The van der Waals surface area contributed by atoms with Gasteiger partial charge in [-0.25, -0.2) is 0 Å². The smallest absolute Gasteiger partial charge is 0.0589 e. The summed E-state index contributed by atoms with van der Waals surface area (Å²) in [5.41, 5.74) is 5.10. The molecular weight excluding hydrogens is 232 g/mol. The van der Waals surface area contributed by atoms with Crippen molar-refractivity contribution in [1.29, 1.82) is 0 Å². The van der Waals surface area contributed by atoms with Gasteiger partial charge in [-0.1, -0.05) is 43.7 Å². The van der Waals surface area contributed by atoms with Crippen LogP contribution in [0.2, 0.25) is 0 Å². The first-order valence-electron chi connectivity index (χ1n) is 6.92. The summed E-state index contributed by atoms with van der Waals surface area (Å²) >= 11 is 0. The molecule has 0 radical (unpaired) electrons. The first-order chi connectivity index (χ1) is 9.24. The van der Waals surface area contributed by atoms with Crippen molar-refractivity contribution in [2.75, 3.05) is 7.05 Å². The Morgan fingerprint density at radius 2 is 1.84 bits per heavy atom. The predicted molar refractivity (Wildman–Crippen MR) is 80.3 cm³/mol. The summed E-state index contributed by atoms with van der Waals surface area (Å²) in [7, 11) is 1.99. The maximum Gasteiger partial charge on any atom is 0.0589 e. The van der Waals surface area contributed by atoms with Gasteiger partial charge >= 0.3 is 0 Å². The lowest BCUT2D eigenvalue weighted by Crippen LogP contribution is -2.18. The van der Waals surface area contributed by atoms with Crippen molar-refractivity contribution in [3.05, 3.63) is 65.0 Å². The van der Waals surface area contributed by atoms with E-state index in [0.717, 1.165) is 6.42 Å². The highest BCUT2D eigenvalue weighted by Gasteiger charge is 2.12. The second kappa shape index (κ2) is 6.48. The van der Waals surface area contributed by atoms with E-state index in [-0.39, 0.29) is 6.04 Å². The standard InChI is InChI=1S/C17H22N2/c1-4-5-14-6-8-15(9-7-14)17(18-3)16-10-13(2)11-19-12-16/h6-12,17-18H,4-5H2,1-3H3. The third-order valence-electron chi connectivity index (χ3n) is 3.37. The van der Waals surface area contributed by atoms with Crippen molar-refractivity contribution in [3.8, 4) is 0 Å². The molecule has 0 saturated carbocycles. The molecule has 0 bridgehead atoms. The van der Waals surface area contributed by atoms with E-state index in [9.17, 15) is 0 Å². The first-order valence-corrected chi connectivity index (χ1v) is 6.92. The lowest BCUT2D eigenvalue weighted by molar-refractivity contribution is 0.687. The lowest BCUT2D eigenvalue weighted by Gasteiger charge is -2.17. The average Bonchev–Trinajstić information content (AvgIpc) is 2.42. The van der Waals surface area contributed by atoms with E-state index in [0.29, 0.717) is 0 Å². The first kappa shape index (κ1) is 13.8. The summed E-state index contributed by atoms with van der Waals surface area (Å²) in [5, 5.41) is 3.37. The molecule has 0 aliphatic carbocycles. The molecule has 2 rings (SSSR count). The summed E-state index contributed by atoms with van der Waals surface area (Å²) in [6, 6.07) is 11.3. The molecule has 2 heteroatoms. The largest absolute Gasteiger partial charge is 0.309 e. The number of aromatic nitrogens is 1. The fourth-order valence-electron chi connectivity index (χ4n) is 2.43. The van der Waals surface area contributed by atoms with Crippen molar-refractivity contribution in [2.24, 2.45) is 0 Å². The van der Waals surface area contributed by atoms with Crippen LogP contribution in [0.15, 0.2) is 42.7 Å². The van der Waals surface area contributed by atoms with Crippen LogP contribution in [0.1, 0.15) is 41.6 Å². The third kappa shape index (κ3) is 3.42. The van der Waals surface area contributed by atoms with Crippen LogP contribution in [-0.2, 0) is 6.42 Å². The monoisotopic (exact) mass is 254 g/mol. The van der Waals surface area contributed by atoms with Crippen molar-refractivity contribution >= 4 is 0 Å². The Bertz CT molecular complexity index is 517. The van der Waals surface area contributed by atoms with Crippen LogP contribution >= 0.6 is 0 Å². The fourth-order valence-corrected chi connectivity index (χ4v) is 2.43. The molecular formula is C17H22N2. The highest BCUT2D eigenvalue weighted by Crippen LogP contribution is 2.22. The van der Waals surface area contributed by atoms with Crippen LogP contribution in [0.4, 0.5) is 0 Å². The van der Waals surface area contributed by atoms with E-state index in [2.05, 4.69) is 54.5 Å². The van der Waals surface area contributed by atoms with E-state index < -0.39 is 0 Å². The highest BCUT2D eigenvalue weighted by atomic mass is 14.9. The van der Waals surface area contributed by atoms with Gasteiger partial charge in [0.05, 0.1) is 6.04 Å². The van der Waals surface area contributed by atoms with Gasteiger partial charge in [-0.15, -0.1) is 0 Å². The molecule has 0 saturated heterocycles. The topological polar surface area (TPSA) is 24.9 Å². The summed E-state index contributed by atoms with van der Waals surface area (Å²) in [6.45, 7) is 4.29. The van der Waals surface area contributed by atoms with Gasteiger partial charge in [0.25, 0.3) is 0 Å². The van der Waals surface area contributed by atoms with Crippen LogP contribution in [0.25, 0.3) is 0 Å². The Morgan fingerprint density at radius 1 is 1.11 bits per heavy atom. The number of rotatable bonds is 5. The molecule has 1 aromatic heterocycles. The second-order valence-corrected chi connectivity index (χ2v) is 5.01. The Balaban J connectivity index is 2.26. The molecule has 0 spiro atoms. The van der Waals surface area contributed by atoms with E-state index in [1.54, 1.807) is 0 Å². The van der Waals surface area contributed by atoms with Crippen LogP contribution in [0.3, 0.4) is 0 Å². The van der Waals surface area contributed by atoms with Crippen LogP contribution in [-0.4, -0.2) is 12.0 Å². The molecule has 1 atom stereocenters. The Hall–Kier alpha value is -1.67. The summed E-state index contributed by atoms with van der Waals surface area (Å²) in [4.78, 5) is 4.29. The minimum atomic E-state index is 0.211. The van der Waals surface area contributed by atoms with Gasteiger partial charge in [-0.2, -0.15) is 0 Å². The van der Waals surface area contributed by atoms with Gasteiger partial charge in [-0.3, -0.25) is 4.98 Å². The number of benzene rings is 1. The van der Waals surface area contributed by atoms with Crippen molar-refractivity contribution in [1.82, 2.24) is 10.3 Å². The lowest BCUT2D eigenvalue weighted by atomic mass is 9.97. The van der Waals surface area contributed by atoms with E-state index >= 15 is 0 Å². The zero-order valence-corrected chi connectivity index (χ0v) is 12.0. The molecule has 19 heavy (non-hydrogen) atoms. The Morgan fingerprint density at radius 3 is 2.42 bits per heavy atom. The minimum Gasteiger partial charge on any atom is -0.309 e. The van der Waals surface area contributed by atoms with Crippen molar-refractivity contribution in [3.63, 3.8) is 0 Å². The van der Waals surface area contributed by atoms with E-state index in [1.807, 2.05) is 19.4 Å². The number of nitrogens with one attached hydrogen (secondary N) is 1. The van der Waals surface area contributed by atoms with Crippen LogP contribution in [0, 0.1) is 6.92 Å². The average molecular weight is 254 g/mol. The molecule has 1 unspecified atom stereocenters. The van der Waals surface area contributed by atoms with Gasteiger partial charge < -0.3 is 5.32 Å². The van der Waals surface area contributed by atoms with Crippen molar-refractivity contribution < 1.29 is 0 Å². The van der Waals surface area contributed by atoms with Gasteiger partial charge in [0.1, 0.15) is 0 Å². The molecule has 0 fully saturated rings. The number of hydrogen-bond acceptors (Lipinski definition) is 2. The van der Waals surface area contributed by atoms with Gasteiger partial charge in [0.2, 0.25) is 0 Å². The quantitative estimate of drug-likeness (QED) is 0.881. The molecule has 0 aliphatic heterocycles. The molecule has 0 amide bonds. The van der Waals surface area contributed by atoms with E-state index in [1.165, 1.54) is 28.7 Å². The zero-order chi connectivity index (χ0) is 13.7. The maximum absolute atomic E-state index is 4.29. The normalized spacial score (nSPS) is 12.4. The number of pyridine rings is 1. The molecule has 0 aliphatic rings. The molecule has 100 valence electrons. The molecule has 1 heterocycles. The minimum absolute atomic E-state index is 0.211. The zero-order valence-electron chi connectivity index (χ0n) is 12.0. The molecule has 1 N–H and O–H groups in total. The fraction of sp³-hybridized carbons (Fsp3) is 0.353. The highest BCUT2D eigenvalue weighted by molar-refractivity contribution is 5.33.